The highest BCUT2D eigenvalue weighted by atomic mass is 16.6. The first kappa shape index (κ1) is 21.4. The number of carbonyl (C=O) groups excluding carboxylic acids is 2. The van der Waals surface area contributed by atoms with Crippen LogP contribution in [-0.2, 0) is 11.2 Å². The second kappa shape index (κ2) is 9.96. The van der Waals surface area contributed by atoms with Crippen LogP contribution in [0.25, 0.3) is 0 Å². The van der Waals surface area contributed by atoms with Gasteiger partial charge < -0.3 is 15.4 Å². The highest BCUT2D eigenvalue weighted by molar-refractivity contribution is 5.78. The molecule has 0 saturated carbocycles. The summed E-state index contributed by atoms with van der Waals surface area (Å²) in [5.74, 6) is 0.957. The molecule has 2 aliphatic rings. The molecule has 1 aliphatic carbocycles. The molecule has 1 aliphatic heterocycles. The summed E-state index contributed by atoms with van der Waals surface area (Å²) >= 11 is 0. The number of likely N-dealkylation sites (tertiary alicyclic amines) is 1. The molecule has 0 bridgehead atoms. The highest BCUT2D eigenvalue weighted by Crippen LogP contribution is 2.34. The van der Waals surface area contributed by atoms with E-state index in [1.165, 1.54) is 11.1 Å². The molecule has 2 aromatic carbocycles. The van der Waals surface area contributed by atoms with Gasteiger partial charge in [-0.25, -0.2) is 4.79 Å². The van der Waals surface area contributed by atoms with Gasteiger partial charge in [-0.3, -0.25) is 9.69 Å². The van der Waals surface area contributed by atoms with Crippen LogP contribution in [0.1, 0.15) is 43.2 Å². The van der Waals surface area contributed by atoms with Gasteiger partial charge in [0.2, 0.25) is 5.91 Å². The molecule has 0 spiro atoms. The fraction of sp³-hybridized carbons (Fsp3) is 0.440. The van der Waals surface area contributed by atoms with Gasteiger partial charge >= 0.3 is 6.09 Å². The van der Waals surface area contributed by atoms with Crippen molar-refractivity contribution in [2.75, 3.05) is 19.6 Å². The Morgan fingerprint density at radius 1 is 1.03 bits per heavy atom. The first-order valence-corrected chi connectivity index (χ1v) is 11.2. The SMILES string of the molecule is CCC1c2ccccc2CCC1NC(=O)CN1CCC(NC(=O)Oc2ccccc2)C1. The lowest BCUT2D eigenvalue weighted by molar-refractivity contribution is -0.123. The van der Waals surface area contributed by atoms with Gasteiger partial charge in [-0.05, 0) is 48.9 Å². The van der Waals surface area contributed by atoms with Gasteiger partial charge in [0, 0.05) is 31.1 Å². The lowest BCUT2D eigenvalue weighted by Crippen LogP contribution is -2.46. The third kappa shape index (κ3) is 5.44. The molecule has 6 heteroatoms. The molecule has 6 nitrogen and oxygen atoms in total. The normalized spacial score (nSPS) is 23.1. The van der Waals surface area contributed by atoms with Gasteiger partial charge in [-0.15, -0.1) is 0 Å². The van der Waals surface area contributed by atoms with Crippen molar-refractivity contribution in [1.82, 2.24) is 15.5 Å². The van der Waals surface area contributed by atoms with Crippen molar-refractivity contribution in [3.8, 4) is 5.75 Å². The molecule has 1 heterocycles. The molecule has 164 valence electrons. The Kier molecular flexibility index (Phi) is 6.87. The van der Waals surface area contributed by atoms with Crippen LogP contribution in [-0.4, -0.2) is 48.6 Å². The summed E-state index contributed by atoms with van der Waals surface area (Å²) in [4.78, 5) is 26.9. The molecule has 1 saturated heterocycles. The standard InChI is InChI=1S/C25H31N3O3/c1-2-21-22-11-7-6-8-18(22)12-13-23(21)27-24(29)17-28-15-14-19(16-28)26-25(30)31-20-9-4-3-5-10-20/h3-11,19,21,23H,2,12-17H2,1H3,(H,26,30)(H,27,29). The average molecular weight is 422 g/mol. The van der Waals surface area contributed by atoms with Gasteiger partial charge in [0.1, 0.15) is 5.75 Å². The van der Waals surface area contributed by atoms with Gasteiger partial charge in [-0.1, -0.05) is 49.4 Å². The monoisotopic (exact) mass is 421 g/mol. The average Bonchev–Trinajstić information content (AvgIpc) is 3.20. The largest absolute Gasteiger partial charge is 0.412 e. The predicted octanol–water partition coefficient (Wildman–Crippen LogP) is 3.47. The minimum Gasteiger partial charge on any atom is -0.410 e. The zero-order valence-electron chi connectivity index (χ0n) is 18.0. The number of para-hydroxylation sites is 1. The molecular formula is C25H31N3O3. The second-order valence-corrected chi connectivity index (χ2v) is 8.49. The Balaban J connectivity index is 1.24. The number of hydrogen-bond donors (Lipinski definition) is 2. The minimum atomic E-state index is -0.450. The Bertz CT molecular complexity index is 902. The topological polar surface area (TPSA) is 70.7 Å². The van der Waals surface area contributed by atoms with Gasteiger partial charge in [0.15, 0.2) is 0 Å². The quantitative estimate of drug-likeness (QED) is 0.749. The van der Waals surface area contributed by atoms with E-state index in [1.54, 1.807) is 12.1 Å². The summed E-state index contributed by atoms with van der Waals surface area (Å²) in [6.45, 7) is 3.99. The zero-order chi connectivity index (χ0) is 21.6. The van der Waals surface area contributed by atoms with Crippen LogP contribution in [0.2, 0.25) is 0 Å². The molecule has 3 atom stereocenters. The van der Waals surface area contributed by atoms with Crippen molar-refractivity contribution in [2.45, 2.75) is 50.6 Å². The van der Waals surface area contributed by atoms with E-state index in [0.29, 0.717) is 24.8 Å². The number of carbonyl (C=O) groups is 2. The molecule has 0 aromatic heterocycles. The number of nitrogens with zero attached hydrogens (tertiary/aromatic N) is 1. The first-order valence-electron chi connectivity index (χ1n) is 11.2. The number of benzene rings is 2. The smallest absolute Gasteiger partial charge is 0.410 e. The fourth-order valence-corrected chi connectivity index (χ4v) is 4.87. The maximum Gasteiger partial charge on any atom is 0.412 e. The van der Waals surface area contributed by atoms with Gasteiger partial charge in [-0.2, -0.15) is 0 Å². The van der Waals surface area contributed by atoms with E-state index >= 15 is 0 Å². The van der Waals surface area contributed by atoms with Gasteiger partial charge in [0.25, 0.3) is 0 Å². The summed E-state index contributed by atoms with van der Waals surface area (Å²) in [5.41, 5.74) is 2.79. The number of nitrogens with one attached hydrogen (secondary N) is 2. The number of rotatable bonds is 6. The third-order valence-corrected chi connectivity index (χ3v) is 6.37. The molecule has 0 radical (unpaired) electrons. The minimum absolute atomic E-state index is 0.00559. The van der Waals surface area contributed by atoms with Crippen LogP contribution < -0.4 is 15.4 Å². The summed E-state index contributed by atoms with van der Waals surface area (Å²) in [7, 11) is 0. The van der Waals surface area contributed by atoms with E-state index in [-0.39, 0.29) is 18.0 Å². The van der Waals surface area contributed by atoms with Crippen molar-refractivity contribution in [2.24, 2.45) is 0 Å². The van der Waals surface area contributed by atoms with Crippen LogP contribution >= 0.6 is 0 Å². The first-order chi connectivity index (χ1) is 15.1. The van der Waals surface area contributed by atoms with Gasteiger partial charge in [0.05, 0.1) is 6.54 Å². The van der Waals surface area contributed by atoms with Crippen LogP contribution in [0.15, 0.2) is 54.6 Å². The Morgan fingerprint density at radius 2 is 1.81 bits per heavy atom. The number of ether oxygens (including phenoxy) is 1. The molecular weight excluding hydrogens is 390 g/mol. The summed E-state index contributed by atoms with van der Waals surface area (Å²) in [5, 5.41) is 6.19. The van der Waals surface area contributed by atoms with E-state index in [1.807, 2.05) is 18.2 Å². The number of aryl methyl sites for hydroxylation is 1. The molecule has 1 fully saturated rings. The van der Waals surface area contributed by atoms with E-state index in [9.17, 15) is 9.59 Å². The van der Waals surface area contributed by atoms with Crippen LogP contribution in [0.4, 0.5) is 4.79 Å². The molecule has 2 aromatic rings. The second-order valence-electron chi connectivity index (χ2n) is 8.49. The Morgan fingerprint density at radius 3 is 2.61 bits per heavy atom. The number of fused-ring (bicyclic) bond motifs is 1. The summed E-state index contributed by atoms with van der Waals surface area (Å²) in [6, 6.07) is 17.8. The van der Waals surface area contributed by atoms with Crippen LogP contribution in [0.3, 0.4) is 0 Å². The molecule has 2 amide bonds. The maximum absolute atomic E-state index is 12.7. The molecule has 31 heavy (non-hydrogen) atoms. The molecule has 4 rings (SSSR count). The lowest BCUT2D eigenvalue weighted by Gasteiger charge is -2.34. The Hall–Kier alpha value is -2.86. The Labute approximate surface area is 184 Å². The fourth-order valence-electron chi connectivity index (χ4n) is 4.87. The number of amides is 2. The van der Waals surface area contributed by atoms with E-state index in [2.05, 4.69) is 46.7 Å². The maximum atomic E-state index is 12.7. The van der Waals surface area contributed by atoms with Crippen molar-refractivity contribution >= 4 is 12.0 Å². The van der Waals surface area contributed by atoms with E-state index in [4.69, 9.17) is 4.74 Å². The van der Waals surface area contributed by atoms with Crippen molar-refractivity contribution in [1.29, 1.82) is 0 Å². The van der Waals surface area contributed by atoms with Crippen molar-refractivity contribution < 1.29 is 14.3 Å². The lowest BCUT2D eigenvalue weighted by atomic mass is 9.78. The molecule has 3 unspecified atom stereocenters. The molecule has 2 N–H and O–H groups in total. The predicted molar refractivity (Wildman–Crippen MR) is 120 cm³/mol. The number of hydrogen-bond acceptors (Lipinski definition) is 4. The van der Waals surface area contributed by atoms with E-state index in [0.717, 1.165) is 32.2 Å². The zero-order valence-corrected chi connectivity index (χ0v) is 18.0. The van der Waals surface area contributed by atoms with Crippen LogP contribution in [0, 0.1) is 0 Å². The summed E-state index contributed by atoms with van der Waals surface area (Å²) in [6.07, 6.45) is 3.37. The highest BCUT2D eigenvalue weighted by Gasteiger charge is 2.31. The van der Waals surface area contributed by atoms with Crippen LogP contribution in [0.5, 0.6) is 5.75 Å². The third-order valence-electron chi connectivity index (χ3n) is 6.37. The summed E-state index contributed by atoms with van der Waals surface area (Å²) < 4.78 is 5.30. The van der Waals surface area contributed by atoms with E-state index < -0.39 is 6.09 Å². The van der Waals surface area contributed by atoms with Crippen molar-refractivity contribution in [3.63, 3.8) is 0 Å². The van der Waals surface area contributed by atoms with Crippen molar-refractivity contribution in [3.05, 3.63) is 65.7 Å².